The second-order valence-electron chi connectivity index (χ2n) is 11.0. The summed E-state index contributed by atoms with van der Waals surface area (Å²) in [4.78, 5) is 33.1. The lowest BCUT2D eigenvalue weighted by atomic mass is 9.83. The van der Waals surface area contributed by atoms with Gasteiger partial charge in [0.2, 0.25) is 11.8 Å². The first-order chi connectivity index (χ1) is 18.9. The van der Waals surface area contributed by atoms with Gasteiger partial charge in [-0.15, -0.1) is 5.10 Å². The zero-order chi connectivity index (χ0) is 27.1. The molecule has 0 bridgehead atoms. The first-order valence-electron chi connectivity index (χ1n) is 13.6. The van der Waals surface area contributed by atoms with Crippen LogP contribution in [0.5, 0.6) is 0 Å². The van der Waals surface area contributed by atoms with Gasteiger partial charge in [0.15, 0.2) is 5.65 Å². The topological polar surface area (TPSA) is 128 Å². The zero-order valence-electron chi connectivity index (χ0n) is 22.4. The van der Waals surface area contributed by atoms with Gasteiger partial charge in [0.1, 0.15) is 11.2 Å². The molecule has 12 heteroatoms. The molecule has 1 saturated heterocycles. The number of aromatic amines is 1. The molecule has 0 aromatic carbocycles. The van der Waals surface area contributed by atoms with Crippen molar-refractivity contribution >= 4 is 28.7 Å². The molecule has 2 atom stereocenters. The largest absolute Gasteiger partial charge is 0.434 e. The number of nitrogens with one attached hydrogen (secondary N) is 1. The van der Waals surface area contributed by atoms with Crippen LogP contribution in [0.4, 0.5) is 5.95 Å². The van der Waals surface area contributed by atoms with E-state index < -0.39 is 5.76 Å². The molecular formula is C27H33ClN8O3. The van der Waals surface area contributed by atoms with Gasteiger partial charge in [-0.05, 0) is 50.5 Å². The van der Waals surface area contributed by atoms with Crippen molar-refractivity contribution in [2.45, 2.75) is 71.1 Å². The second-order valence-corrected chi connectivity index (χ2v) is 11.4. The van der Waals surface area contributed by atoms with E-state index in [0.29, 0.717) is 22.3 Å². The molecule has 5 heterocycles. The van der Waals surface area contributed by atoms with Gasteiger partial charge in [0.25, 0.3) is 5.89 Å². The fourth-order valence-corrected chi connectivity index (χ4v) is 6.16. The highest BCUT2D eigenvalue weighted by molar-refractivity contribution is 6.30. The number of nitrogens with zero attached hydrogens (tertiary/aromatic N) is 7. The minimum Gasteiger partial charge on any atom is -0.384 e. The fraction of sp³-hybridized carbons (Fsp3) is 0.556. The Labute approximate surface area is 231 Å². The molecule has 1 saturated carbocycles. The third kappa shape index (κ3) is 5.17. The number of ether oxygens (including phenoxy) is 1. The van der Waals surface area contributed by atoms with Crippen LogP contribution in [0.25, 0.3) is 34.1 Å². The SMILES string of the molecule is CO[C@@H]1CCN(c2nc3nc(-c4n[nH]c(=O)o4)nc(-c4cncc(Cl)c4)c3n2CC2CCC(C)CC2)[C@H](C)C1. The van der Waals surface area contributed by atoms with Gasteiger partial charge in [0.05, 0.1) is 11.1 Å². The normalized spacial score (nSPS) is 23.9. The van der Waals surface area contributed by atoms with E-state index in [1.807, 2.05) is 6.07 Å². The number of H-pyrrole nitrogens is 1. The maximum absolute atomic E-state index is 11.7. The smallest absolute Gasteiger partial charge is 0.384 e. The van der Waals surface area contributed by atoms with E-state index in [4.69, 9.17) is 35.7 Å². The van der Waals surface area contributed by atoms with E-state index in [0.717, 1.165) is 48.9 Å². The van der Waals surface area contributed by atoms with E-state index in [2.05, 4.69) is 38.5 Å². The lowest BCUT2D eigenvalue weighted by Gasteiger charge is -2.38. The van der Waals surface area contributed by atoms with Gasteiger partial charge in [-0.2, -0.15) is 4.98 Å². The van der Waals surface area contributed by atoms with Crippen LogP contribution in [-0.2, 0) is 11.3 Å². The molecule has 206 valence electrons. The summed E-state index contributed by atoms with van der Waals surface area (Å²) in [6, 6.07) is 2.06. The highest BCUT2D eigenvalue weighted by Crippen LogP contribution is 2.37. The number of pyridine rings is 1. The van der Waals surface area contributed by atoms with E-state index in [9.17, 15) is 4.79 Å². The van der Waals surface area contributed by atoms with Crippen molar-refractivity contribution in [3.05, 3.63) is 34.0 Å². The summed E-state index contributed by atoms with van der Waals surface area (Å²) in [5.41, 5.74) is 2.68. The van der Waals surface area contributed by atoms with Crippen LogP contribution in [-0.4, -0.2) is 60.5 Å². The number of anilines is 1. The Morgan fingerprint density at radius 1 is 1.13 bits per heavy atom. The monoisotopic (exact) mass is 552 g/mol. The molecule has 1 N–H and O–H groups in total. The Kier molecular flexibility index (Phi) is 7.11. The van der Waals surface area contributed by atoms with Crippen molar-refractivity contribution in [3.63, 3.8) is 0 Å². The Balaban J connectivity index is 1.55. The van der Waals surface area contributed by atoms with Crippen molar-refractivity contribution in [1.82, 2.24) is 34.7 Å². The molecule has 11 nitrogen and oxygen atoms in total. The zero-order valence-corrected chi connectivity index (χ0v) is 23.2. The summed E-state index contributed by atoms with van der Waals surface area (Å²) < 4.78 is 13.2. The maximum atomic E-state index is 11.7. The number of rotatable bonds is 6. The summed E-state index contributed by atoms with van der Waals surface area (Å²) in [7, 11) is 1.78. The predicted octanol–water partition coefficient (Wildman–Crippen LogP) is 4.72. The van der Waals surface area contributed by atoms with E-state index >= 15 is 0 Å². The molecule has 0 spiro atoms. The summed E-state index contributed by atoms with van der Waals surface area (Å²) in [6.07, 6.45) is 10.2. The van der Waals surface area contributed by atoms with Gasteiger partial charge in [-0.1, -0.05) is 31.4 Å². The molecule has 1 aliphatic heterocycles. The number of imidazole rings is 1. The molecule has 0 amide bonds. The fourth-order valence-electron chi connectivity index (χ4n) is 5.99. The number of hydrogen-bond donors (Lipinski definition) is 1. The van der Waals surface area contributed by atoms with E-state index in [1.54, 1.807) is 19.5 Å². The predicted molar refractivity (Wildman–Crippen MR) is 148 cm³/mol. The molecule has 2 aliphatic rings. The number of hydrogen-bond acceptors (Lipinski definition) is 9. The molecular weight excluding hydrogens is 520 g/mol. The molecule has 6 rings (SSSR count). The number of aromatic nitrogens is 7. The number of halogens is 1. The molecule has 1 aliphatic carbocycles. The van der Waals surface area contributed by atoms with Gasteiger partial charge < -0.3 is 18.6 Å². The Morgan fingerprint density at radius 3 is 2.64 bits per heavy atom. The third-order valence-corrected chi connectivity index (χ3v) is 8.39. The summed E-state index contributed by atoms with van der Waals surface area (Å²) >= 11 is 6.36. The number of piperidine rings is 1. The highest BCUT2D eigenvalue weighted by atomic mass is 35.5. The van der Waals surface area contributed by atoms with Crippen LogP contribution < -0.4 is 10.7 Å². The van der Waals surface area contributed by atoms with Crippen molar-refractivity contribution in [2.75, 3.05) is 18.6 Å². The summed E-state index contributed by atoms with van der Waals surface area (Å²) in [5, 5.41) is 6.75. The van der Waals surface area contributed by atoms with Crippen LogP contribution in [0, 0.1) is 11.8 Å². The maximum Gasteiger partial charge on any atom is 0.434 e. The lowest BCUT2D eigenvalue weighted by molar-refractivity contribution is 0.0716. The van der Waals surface area contributed by atoms with Gasteiger partial charge in [0, 0.05) is 44.2 Å². The lowest BCUT2D eigenvalue weighted by Crippen LogP contribution is -2.44. The van der Waals surface area contributed by atoms with E-state index in [-0.39, 0.29) is 23.9 Å². The van der Waals surface area contributed by atoms with Crippen molar-refractivity contribution in [1.29, 1.82) is 0 Å². The molecule has 4 aromatic rings. The van der Waals surface area contributed by atoms with Crippen LogP contribution in [0.15, 0.2) is 27.7 Å². The standard InChI is InChI=1S/C27H33ClN8O3/c1-15-4-6-17(7-5-15)14-36-22-21(18-11-19(28)13-29-12-18)30-24(25-33-34-27(37)39-25)31-23(22)32-26(36)35-9-8-20(38-3)10-16(35)2/h11-13,15-17,20H,4-10,14H2,1-3H3,(H,34,37)/t15?,16-,17?,20-/m1/s1. The summed E-state index contributed by atoms with van der Waals surface area (Å²) in [5.74, 6) is 1.66. The van der Waals surface area contributed by atoms with Crippen LogP contribution in [0.2, 0.25) is 5.02 Å². The first kappa shape index (κ1) is 25.9. The average Bonchev–Trinajstić information content (AvgIpc) is 3.53. The molecule has 0 unspecified atom stereocenters. The first-order valence-corrected chi connectivity index (χ1v) is 14.0. The Hall–Kier alpha value is -3.31. The Bertz CT molecular complexity index is 1520. The van der Waals surface area contributed by atoms with Crippen molar-refractivity contribution < 1.29 is 9.15 Å². The molecule has 4 aromatic heterocycles. The van der Waals surface area contributed by atoms with Crippen LogP contribution >= 0.6 is 11.6 Å². The van der Waals surface area contributed by atoms with Gasteiger partial charge in [-0.25, -0.2) is 19.9 Å². The average molecular weight is 553 g/mol. The third-order valence-electron chi connectivity index (χ3n) is 8.19. The quantitative estimate of drug-likeness (QED) is 0.361. The highest BCUT2D eigenvalue weighted by Gasteiger charge is 2.32. The minimum atomic E-state index is -0.674. The summed E-state index contributed by atoms with van der Waals surface area (Å²) in [6.45, 7) is 6.20. The van der Waals surface area contributed by atoms with Crippen molar-refractivity contribution in [2.24, 2.45) is 11.8 Å². The van der Waals surface area contributed by atoms with Crippen LogP contribution in [0.1, 0.15) is 52.4 Å². The Morgan fingerprint density at radius 2 is 1.95 bits per heavy atom. The van der Waals surface area contributed by atoms with Gasteiger partial charge in [-0.3, -0.25) is 4.98 Å². The molecule has 39 heavy (non-hydrogen) atoms. The second kappa shape index (κ2) is 10.7. The molecule has 2 fully saturated rings. The molecule has 0 radical (unpaired) electrons. The van der Waals surface area contributed by atoms with Gasteiger partial charge >= 0.3 is 5.76 Å². The van der Waals surface area contributed by atoms with Crippen molar-refractivity contribution in [3.8, 4) is 23.0 Å². The minimum absolute atomic E-state index is 0.00443. The van der Waals surface area contributed by atoms with E-state index in [1.165, 1.54) is 25.7 Å². The number of fused-ring (bicyclic) bond motifs is 1. The van der Waals surface area contributed by atoms with Crippen LogP contribution in [0.3, 0.4) is 0 Å². The number of methoxy groups -OCH3 is 1.